The van der Waals surface area contributed by atoms with Crippen molar-refractivity contribution in [3.05, 3.63) is 76.8 Å². The topological polar surface area (TPSA) is 100.0 Å². The smallest absolute Gasteiger partial charge is 0.301 e. The number of amides is 1. The number of ketones is 1. The summed E-state index contributed by atoms with van der Waals surface area (Å²) in [7, 11) is 0. The van der Waals surface area contributed by atoms with E-state index in [1.54, 1.807) is 48.0 Å². The van der Waals surface area contributed by atoms with Crippen molar-refractivity contribution >= 4 is 33.9 Å². The number of anilines is 1. The quantitative estimate of drug-likeness (QED) is 0.368. The van der Waals surface area contributed by atoms with E-state index in [0.717, 1.165) is 0 Å². The lowest BCUT2D eigenvalue weighted by Gasteiger charge is -2.23. The van der Waals surface area contributed by atoms with E-state index in [1.165, 1.54) is 28.4 Å². The molecule has 4 rings (SSSR count). The molecular formula is C22H18N2O5S. The predicted molar refractivity (Wildman–Crippen MR) is 113 cm³/mol. The molecule has 0 saturated carbocycles. The molecule has 1 fully saturated rings. The summed E-state index contributed by atoms with van der Waals surface area (Å²) in [6.07, 6.45) is 1.54. The number of aromatic hydroxyl groups is 1. The molecule has 7 nitrogen and oxygen atoms in total. The number of benzene rings is 2. The monoisotopic (exact) mass is 422 g/mol. The number of carbonyl (C=O) groups excluding carboxylic acids is 2. The summed E-state index contributed by atoms with van der Waals surface area (Å²) in [5, 5.41) is 22.8. The number of hydrogen-bond donors (Lipinski definition) is 2. The van der Waals surface area contributed by atoms with Gasteiger partial charge in [0.25, 0.3) is 5.78 Å². The second-order valence-corrected chi connectivity index (χ2v) is 7.41. The van der Waals surface area contributed by atoms with Gasteiger partial charge in [-0.05, 0) is 36.8 Å². The van der Waals surface area contributed by atoms with Crippen LogP contribution in [0.2, 0.25) is 0 Å². The first-order chi connectivity index (χ1) is 14.5. The van der Waals surface area contributed by atoms with Gasteiger partial charge in [-0.3, -0.25) is 14.5 Å². The molecule has 0 spiro atoms. The van der Waals surface area contributed by atoms with E-state index in [1.807, 2.05) is 6.92 Å². The first-order valence-corrected chi connectivity index (χ1v) is 10.1. The minimum Gasteiger partial charge on any atom is -0.508 e. The van der Waals surface area contributed by atoms with E-state index in [9.17, 15) is 19.8 Å². The molecule has 1 amide bonds. The third-order valence-electron chi connectivity index (χ3n) is 4.70. The van der Waals surface area contributed by atoms with Gasteiger partial charge in [-0.1, -0.05) is 24.3 Å². The Morgan fingerprint density at radius 2 is 1.97 bits per heavy atom. The first-order valence-electron chi connectivity index (χ1n) is 9.24. The highest BCUT2D eigenvalue weighted by Crippen LogP contribution is 2.43. The standard InChI is InChI=1S/C22H18N2O5S/c1-2-29-16-5-3-4-14(12-16)19(26)17-18(13-6-8-15(25)9-7-13)24(21(28)20(17)27)22-23-10-11-30-22/h3-12,18,25-26H,2H2,1H3/b19-17+. The Labute approximate surface area is 176 Å². The van der Waals surface area contributed by atoms with Gasteiger partial charge in [0.05, 0.1) is 18.2 Å². The molecule has 8 heteroatoms. The second-order valence-electron chi connectivity index (χ2n) is 6.54. The van der Waals surface area contributed by atoms with Crippen molar-refractivity contribution in [2.45, 2.75) is 13.0 Å². The number of rotatable bonds is 5. The van der Waals surface area contributed by atoms with E-state index in [-0.39, 0.29) is 17.1 Å². The van der Waals surface area contributed by atoms with Crippen molar-refractivity contribution in [3.8, 4) is 11.5 Å². The highest BCUT2D eigenvalue weighted by molar-refractivity contribution is 7.14. The number of phenolic OH excluding ortho intramolecular Hbond substituents is 1. The minimum absolute atomic E-state index is 0.0467. The lowest BCUT2D eigenvalue weighted by molar-refractivity contribution is -0.132. The fraction of sp³-hybridized carbons (Fsp3) is 0.136. The van der Waals surface area contributed by atoms with Crippen LogP contribution in [0.1, 0.15) is 24.1 Å². The summed E-state index contributed by atoms with van der Waals surface area (Å²) in [6, 6.07) is 12.0. The molecule has 0 aliphatic carbocycles. The molecule has 1 aromatic heterocycles. The predicted octanol–water partition coefficient (Wildman–Crippen LogP) is 3.87. The van der Waals surface area contributed by atoms with Crippen LogP contribution in [-0.2, 0) is 9.59 Å². The van der Waals surface area contributed by atoms with Crippen molar-refractivity contribution in [1.82, 2.24) is 4.98 Å². The van der Waals surface area contributed by atoms with Gasteiger partial charge in [0.15, 0.2) is 5.13 Å². The van der Waals surface area contributed by atoms with Crippen molar-refractivity contribution in [2.24, 2.45) is 0 Å². The molecule has 2 N–H and O–H groups in total. The van der Waals surface area contributed by atoms with Crippen LogP contribution in [0.3, 0.4) is 0 Å². The minimum atomic E-state index is -0.882. The Bertz CT molecular complexity index is 1120. The summed E-state index contributed by atoms with van der Waals surface area (Å²) in [4.78, 5) is 31.3. The summed E-state index contributed by atoms with van der Waals surface area (Å²) >= 11 is 1.21. The number of Topliss-reactive ketones (excluding diaryl/α,β-unsaturated/α-hetero) is 1. The van der Waals surface area contributed by atoms with E-state index < -0.39 is 17.7 Å². The maximum atomic E-state index is 13.0. The molecule has 1 aliphatic rings. The van der Waals surface area contributed by atoms with Gasteiger partial charge in [-0.25, -0.2) is 4.98 Å². The fourth-order valence-corrected chi connectivity index (χ4v) is 4.06. The Morgan fingerprint density at radius 3 is 2.63 bits per heavy atom. The largest absolute Gasteiger partial charge is 0.508 e. The zero-order valence-corrected chi connectivity index (χ0v) is 16.8. The third-order valence-corrected chi connectivity index (χ3v) is 5.47. The van der Waals surface area contributed by atoms with Crippen LogP contribution in [0.25, 0.3) is 5.76 Å². The number of aliphatic hydroxyl groups excluding tert-OH is 1. The first kappa shape index (κ1) is 19.7. The molecule has 2 aromatic carbocycles. The number of aliphatic hydroxyl groups is 1. The zero-order chi connectivity index (χ0) is 21.3. The Kier molecular flexibility index (Phi) is 5.24. The van der Waals surface area contributed by atoms with Crippen LogP contribution in [0.4, 0.5) is 5.13 Å². The number of hydrogen-bond acceptors (Lipinski definition) is 7. The molecule has 0 radical (unpaired) electrons. The Morgan fingerprint density at radius 1 is 1.20 bits per heavy atom. The molecule has 1 aliphatic heterocycles. The molecule has 1 unspecified atom stereocenters. The van der Waals surface area contributed by atoms with Gasteiger partial charge in [0.2, 0.25) is 0 Å². The van der Waals surface area contributed by atoms with Gasteiger partial charge < -0.3 is 14.9 Å². The molecule has 152 valence electrons. The van der Waals surface area contributed by atoms with Gasteiger partial charge in [0.1, 0.15) is 17.3 Å². The molecule has 30 heavy (non-hydrogen) atoms. The highest BCUT2D eigenvalue weighted by Gasteiger charge is 2.47. The van der Waals surface area contributed by atoms with E-state index >= 15 is 0 Å². The van der Waals surface area contributed by atoms with E-state index in [0.29, 0.717) is 28.6 Å². The molecule has 1 saturated heterocycles. The lowest BCUT2D eigenvalue weighted by Crippen LogP contribution is -2.29. The van der Waals surface area contributed by atoms with Crippen LogP contribution in [-0.4, -0.2) is 33.5 Å². The molecule has 3 aromatic rings. The summed E-state index contributed by atoms with van der Waals surface area (Å²) in [5.41, 5.74) is 0.876. The van der Waals surface area contributed by atoms with Gasteiger partial charge in [-0.15, -0.1) is 11.3 Å². The van der Waals surface area contributed by atoms with Gasteiger partial charge >= 0.3 is 5.91 Å². The van der Waals surface area contributed by atoms with Crippen molar-refractivity contribution in [2.75, 3.05) is 11.5 Å². The number of phenols is 1. The molecular weight excluding hydrogens is 404 g/mol. The van der Waals surface area contributed by atoms with Crippen LogP contribution in [0.5, 0.6) is 11.5 Å². The van der Waals surface area contributed by atoms with Crippen LogP contribution in [0.15, 0.2) is 65.7 Å². The number of aromatic nitrogens is 1. The fourth-order valence-electron chi connectivity index (χ4n) is 3.39. The second kappa shape index (κ2) is 8.00. The lowest BCUT2D eigenvalue weighted by atomic mass is 9.95. The van der Waals surface area contributed by atoms with Gasteiger partial charge in [0, 0.05) is 17.1 Å². The van der Waals surface area contributed by atoms with Crippen molar-refractivity contribution < 1.29 is 24.5 Å². The molecule has 2 heterocycles. The normalized spacial score (nSPS) is 18.0. The van der Waals surface area contributed by atoms with Crippen LogP contribution in [0, 0.1) is 0 Å². The summed E-state index contributed by atoms with van der Waals surface area (Å²) < 4.78 is 5.48. The highest BCUT2D eigenvalue weighted by atomic mass is 32.1. The Balaban J connectivity index is 1.90. The molecule has 1 atom stereocenters. The molecule has 0 bridgehead atoms. The van der Waals surface area contributed by atoms with Crippen LogP contribution < -0.4 is 9.64 Å². The van der Waals surface area contributed by atoms with Crippen molar-refractivity contribution in [1.29, 1.82) is 0 Å². The summed E-state index contributed by atoms with van der Waals surface area (Å²) in [6.45, 7) is 2.29. The number of nitrogens with zero attached hydrogens (tertiary/aromatic N) is 2. The average molecular weight is 422 g/mol. The van der Waals surface area contributed by atoms with Crippen molar-refractivity contribution in [3.63, 3.8) is 0 Å². The SMILES string of the molecule is CCOc1cccc(/C(O)=C2\C(=O)C(=O)N(c3nccs3)C2c2ccc(O)cc2)c1. The van der Waals surface area contributed by atoms with Gasteiger partial charge in [-0.2, -0.15) is 0 Å². The van der Waals surface area contributed by atoms with Crippen LogP contribution >= 0.6 is 11.3 Å². The maximum Gasteiger partial charge on any atom is 0.301 e. The zero-order valence-electron chi connectivity index (χ0n) is 16.0. The number of carbonyl (C=O) groups is 2. The Hall–Kier alpha value is -3.65. The van der Waals surface area contributed by atoms with E-state index in [4.69, 9.17) is 4.74 Å². The summed E-state index contributed by atoms with van der Waals surface area (Å²) in [5.74, 6) is -1.29. The third kappa shape index (κ3) is 3.42. The van der Waals surface area contributed by atoms with E-state index in [2.05, 4.69) is 4.98 Å². The number of thiazole rings is 1. The number of ether oxygens (including phenoxy) is 1. The average Bonchev–Trinajstić information content (AvgIpc) is 3.36. The maximum absolute atomic E-state index is 13.0.